The zero-order valence-electron chi connectivity index (χ0n) is 17.4. The highest BCUT2D eigenvalue weighted by Gasteiger charge is 2.37. The van der Waals surface area contributed by atoms with Crippen molar-refractivity contribution in [3.8, 4) is 22.5 Å². The molecule has 2 heterocycles. The van der Waals surface area contributed by atoms with E-state index < -0.39 is 0 Å². The van der Waals surface area contributed by atoms with E-state index >= 15 is 0 Å². The van der Waals surface area contributed by atoms with Crippen LogP contribution in [0.25, 0.3) is 53.6 Å². The van der Waals surface area contributed by atoms with Crippen LogP contribution in [0.15, 0.2) is 89.3 Å². The Hall–Kier alpha value is -3.36. The lowest BCUT2D eigenvalue weighted by molar-refractivity contribution is 0.631. The average molecular weight is 417 g/mol. The van der Waals surface area contributed by atoms with Crippen LogP contribution in [0.3, 0.4) is 0 Å². The topological polar surface area (TPSA) is 13.1 Å². The lowest BCUT2D eigenvalue weighted by atomic mass is 9.82. The second-order valence-corrected chi connectivity index (χ2v) is 10.0. The van der Waals surface area contributed by atoms with Crippen LogP contribution in [0, 0.1) is 0 Å². The molecule has 7 rings (SSSR count). The molecule has 0 spiro atoms. The van der Waals surface area contributed by atoms with Crippen LogP contribution in [0.2, 0.25) is 0 Å². The number of rotatable bonds is 1. The van der Waals surface area contributed by atoms with Crippen LogP contribution >= 0.6 is 11.3 Å². The third kappa shape index (κ3) is 2.26. The summed E-state index contributed by atoms with van der Waals surface area (Å²) in [5.74, 6) is 0.929. The van der Waals surface area contributed by atoms with E-state index in [0.717, 1.165) is 22.3 Å². The van der Waals surface area contributed by atoms with Crippen LogP contribution in [0.5, 0.6) is 0 Å². The molecule has 1 aliphatic rings. The Morgan fingerprint density at radius 1 is 0.742 bits per heavy atom. The first-order valence-corrected chi connectivity index (χ1v) is 11.5. The number of para-hydroxylation sites is 1. The lowest BCUT2D eigenvalue weighted by Crippen LogP contribution is -2.14. The molecule has 4 aromatic carbocycles. The summed E-state index contributed by atoms with van der Waals surface area (Å²) < 4.78 is 8.94. The van der Waals surface area contributed by atoms with E-state index in [1.54, 1.807) is 0 Å². The van der Waals surface area contributed by atoms with Gasteiger partial charge in [-0.3, -0.25) is 0 Å². The van der Waals surface area contributed by atoms with Crippen LogP contribution < -0.4 is 0 Å². The van der Waals surface area contributed by atoms with Gasteiger partial charge in [-0.15, -0.1) is 11.3 Å². The molecule has 2 aromatic heterocycles. The third-order valence-electron chi connectivity index (χ3n) is 6.89. The fourth-order valence-electron chi connectivity index (χ4n) is 5.30. The number of thiophene rings is 1. The molecular weight excluding hydrogens is 396 g/mol. The fraction of sp³-hybridized carbons (Fsp3) is 0.103. The van der Waals surface area contributed by atoms with Crippen molar-refractivity contribution in [3.63, 3.8) is 0 Å². The van der Waals surface area contributed by atoms with E-state index in [2.05, 4.69) is 86.6 Å². The molecular formula is C29H20OS. The maximum Gasteiger partial charge on any atom is 0.135 e. The second-order valence-electron chi connectivity index (χ2n) is 9.00. The predicted molar refractivity (Wildman–Crippen MR) is 132 cm³/mol. The van der Waals surface area contributed by atoms with Gasteiger partial charge in [0.15, 0.2) is 0 Å². The maximum atomic E-state index is 6.19. The summed E-state index contributed by atoms with van der Waals surface area (Å²) in [5, 5.41) is 3.85. The molecule has 0 fully saturated rings. The number of fused-ring (bicyclic) bond motifs is 8. The summed E-state index contributed by atoms with van der Waals surface area (Å²) in [5.41, 5.74) is 7.62. The summed E-state index contributed by atoms with van der Waals surface area (Å²) in [6, 6.07) is 30.6. The normalized spacial score (nSPS) is 14.4. The van der Waals surface area contributed by atoms with Gasteiger partial charge in [0.05, 0.1) is 0 Å². The zero-order valence-corrected chi connectivity index (χ0v) is 18.2. The van der Waals surface area contributed by atoms with Crippen molar-refractivity contribution in [3.05, 3.63) is 96.1 Å². The summed E-state index contributed by atoms with van der Waals surface area (Å²) in [6.45, 7) is 4.69. The summed E-state index contributed by atoms with van der Waals surface area (Å²) in [4.78, 5) is 0. The zero-order chi connectivity index (χ0) is 20.7. The molecule has 0 N–H and O–H groups in total. The lowest BCUT2D eigenvalue weighted by Gasteiger charge is -2.21. The van der Waals surface area contributed by atoms with Crippen molar-refractivity contribution in [1.29, 1.82) is 0 Å². The molecule has 1 nitrogen and oxygen atoms in total. The van der Waals surface area contributed by atoms with Crippen LogP contribution in [0.4, 0.5) is 0 Å². The minimum atomic E-state index is -0.0125. The molecule has 0 saturated heterocycles. The molecule has 2 heteroatoms. The molecule has 1 aliphatic carbocycles. The maximum absolute atomic E-state index is 6.19. The summed E-state index contributed by atoms with van der Waals surface area (Å²) in [7, 11) is 0. The molecule has 0 atom stereocenters. The molecule has 0 bridgehead atoms. The van der Waals surface area contributed by atoms with E-state index in [4.69, 9.17) is 4.42 Å². The van der Waals surface area contributed by atoms with E-state index in [1.165, 1.54) is 42.4 Å². The van der Waals surface area contributed by atoms with E-state index in [9.17, 15) is 0 Å². The molecule has 0 unspecified atom stereocenters. The largest absolute Gasteiger partial charge is 0.456 e. The van der Waals surface area contributed by atoms with Crippen LogP contribution in [-0.4, -0.2) is 0 Å². The smallest absolute Gasteiger partial charge is 0.135 e. The van der Waals surface area contributed by atoms with Crippen LogP contribution in [0.1, 0.15) is 25.0 Å². The van der Waals surface area contributed by atoms with E-state index in [-0.39, 0.29) is 5.41 Å². The van der Waals surface area contributed by atoms with Gasteiger partial charge in [0.1, 0.15) is 11.3 Å². The second kappa shape index (κ2) is 5.87. The molecule has 0 amide bonds. The molecule has 6 aromatic rings. The van der Waals surface area contributed by atoms with Gasteiger partial charge in [-0.2, -0.15) is 0 Å². The Morgan fingerprint density at radius 3 is 2.45 bits per heavy atom. The highest BCUT2D eigenvalue weighted by Crippen LogP contribution is 2.54. The quantitative estimate of drug-likeness (QED) is 0.261. The van der Waals surface area contributed by atoms with Gasteiger partial charge >= 0.3 is 0 Å². The van der Waals surface area contributed by atoms with Gasteiger partial charge in [0, 0.05) is 42.1 Å². The van der Waals surface area contributed by atoms with Gasteiger partial charge in [-0.05, 0) is 41.0 Å². The van der Waals surface area contributed by atoms with Gasteiger partial charge in [-0.1, -0.05) is 74.5 Å². The first-order chi connectivity index (χ1) is 15.1. The van der Waals surface area contributed by atoms with Crippen molar-refractivity contribution in [2.75, 3.05) is 0 Å². The van der Waals surface area contributed by atoms with Gasteiger partial charge in [-0.25, -0.2) is 0 Å². The van der Waals surface area contributed by atoms with Crippen molar-refractivity contribution < 1.29 is 4.42 Å². The van der Waals surface area contributed by atoms with E-state index in [1.807, 2.05) is 23.5 Å². The Kier molecular flexibility index (Phi) is 3.28. The predicted octanol–water partition coefficient (Wildman–Crippen LogP) is 8.77. The minimum absolute atomic E-state index is 0.0125. The van der Waals surface area contributed by atoms with Crippen molar-refractivity contribution in [2.24, 2.45) is 0 Å². The van der Waals surface area contributed by atoms with Gasteiger partial charge in [0.25, 0.3) is 0 Å². The Balaban J connectivity index is 1.53. The van der Waals surface area contributed by atoms with Gasteiger partial charge < -0.3 is 4.42 Å². The molecule has 0 radical (unpaired) electrons. The summed E-state index contributed by atoms with van der Waals surface area (Å²) in [6.07, 6.45) is 0. The van der Waals surface area contributed by atoms with Crippen LogP contribution in [-0.2, 0) is 5.41 Å². The highest BCUT2D eigenvalue weighted by atomic mass is 32.1. The summed E-state index contributed by atoms with van der Waals surface area (Å²) >= 11 is 1.91. The number of hydrogen-bond donors (Lipinski definition) is 0. The number of benzene rings is 4. The Bertz CT molecular complexity index is 1630. The Morgan fingerprint density at radius 2 is 1.55 bits per heavy atom. The first-order valence-electron chi connectivity index (χ1n) is 10.7. The third-order valence-corrected chi connectivity index (χ3v) is 8.10. The molecule has 0 saturated carbocycles. The van der Waals surface area contributed by atoms with Crippen molar-refractivity contribution in [2.45, 2.75) is 19.3 Å². The first kappa shape index (κ1) is 17.3. The Labute approximate surface area is 184 Å². The average Bonchev–Trinajstić information content (AvgIpc) is 3.44. The fourth-order valence-corrected chi connectivity index (χ4v) is 6.56. The molecule has 148 valence electrons. The minimum Gasteiger partial charge on any atom is -0.456 e. The number of furan rings is 1. The SMILES string of the molecule is CC1(C)c2ccc(-c3cc4ccccc4o3)cc2-c2c1ccc1c2sc2ccccc21. The number of hydrogen-bond acceptors (Lipinski definition) is 2. The molecule has 0 aliphatic heterocycles. The monoisotopic (exact) mass is 416 g/mol. The van der Waals surface area contributed by atoms with Gasteiger partial charge in [0.2, 0.25) is 0 Å². The van der Waals surface area contributed by atoms with Crippen molar-refractivity contribution >= 4 is 42.5 Å². The van der Waals surface area contributed by atoms with Crippen molar-refractivity contribution in [1.82, 2.24) is 0 Å². The highest BCUT2D eigenvalue weighted by molar-refractivity contribution is 7.26. The standard InChI is InChI=1S/C29H20OS/c1-29(2)22-13-11-18(25-16-17-7-3-5-9-24(17)30-25)15-21(22)27-23(29)14-12-20-19-8-4-6-10-26(19)31-28(20)27/h3-16H,1-2H3. The van der Waals surface area contributed by atoms with E-state index in [0.29, 0.717) is 0 Å². The molecule has 31 heavy (non-hydrogen) atoms.